The minimum atomic E-state index is 0. The SMILES string of the molecule is Cl.Cl.NC1CCN(Cc2coc(-c3cccs3)n2)C1. The second-order valence-corrected chi connectivity index (χ2v) is 5.35. The Morgan fingerprint density at radius 3 is 2.95 bits per heavy atom. The van der Waals surface area contributed by atoms with Crippen molar-refractivity contribution in [1.82, 2.24) is 9.88 Å². The number of hydrogen-bond acceptors (Lipinski definition) is 5. The molecule has 19 heavy (non-hydrogen) atoms. The number of nitrogens with two attached hydrogens (primary N) is 1. The molecule has 2 aromatic rings. The summed E-state index contributed by atoms with van der Waals surface area (Å²) in [4.78, 5) is 7.90. The first-order valence-corrected chi connectivity index (χ1v) is 6.65. The lowest BCUT2D eigenvalue weighted by molar-refractivity contribution is 0.322. The second-order valence-electron chi connectivity index (χ2n) is 4.41. The molecule has 1 saturated heterocycles. The lowest BCUT2D eigenvalue weighted by Gasteiger charge is -2.12. The number of oxazole rings is 1. The molecular formula is C12H17Cl2N3OS. The second kappa shape index (κ2) is 7.26. The predicted octanol–water partition coefficient (Wildman–Crippen LogP) is 2.78. The third-order valence-electron chi connectivity index (χ3n) is 2.98. The van der Waals surface area contributed by atoms with Crippen LogP contribution in [0.1, 0.15) is 12.1 Å². The Bertz CT molecular complexity index is 489. The van der Waals surface area contributed by atoms with Crippen molar-refractivity contribution in [1.29, 1.82) is 0 Å². The summed E-state index contributed by atoms with van der Waals surface area (Å²) in [6.45, 7) is 2.85. The number of aromatic nitrogens is 1. The molecule has 106 valence electrons. The van der Waals surface area contributed by atoms with Gasteiger partial charge in [0.15, 0.2) is 0 Å². The van der Waals surface area contributed by atoms with Gasteiger partial charge in [-0.05, 0) is 17.9 Å². The summed E-state index contributed by atoms with van der Waals surface area (Å²) < 4.78 is 5.49. The Morgan fingerprint density at radius 2 is 2.32 bits per heavy atom. The van der Waals surface area contributed by atoms with Gasteiger partial charge >= 0.3 is 0 Å². The van der Waals surface area contributed by atoms with Gasteiger partial charge in [-0.15, -0.1) is 36.2 Å². The summed E-state index contributed by atoms with van der Waals surface area (Å²) in [5.41, 5.74) is 6.87. The highest BCUT2D eigenvalue weighted by atomic mass is 35.5. The summed E-state index contributed by atoms with van der Waals surface area (Å²) in [7, 11) is 0. The van der Waals surface area contributed by atoms with Crippen LogP contribution >= 0.6 is 36.2 Å². The van der Waals surface area contributed by atoms with Crippen LogP contribution in [0, 0.1) is 0 Å². The van der Waals surface area contributed by atoms with Gasteiger partial charge in [-0.2, -0.15) is 0 Å². The Morgan fingerprint density at radius 1 is 1.47 bits per heavy atom. The molecular weight excluding hydrogens is 305 g/mol. The monoisotopic (exact) mass is 321 g/mol. The summed E-state index contributed by atoms with van der Waals surface area (Å²) >= 11 is 1.64. The van der Waals surface area contributed by atoms with E-state index in [-0.39, 0.29) is 24.8 Å². The van der Waals surface area contributed by atoms with Gasteiger partial charge in [0, 0.05) is 25.7 Å². The van der Waals surface area contributed by atoms with Crippen LogP contribution in [-0.4, -0.2) is 29.0 Å². The van der Waals surface area contributed by atoms with Crippen LogP contribution in [0.2, 0.25) is 0 Å². The average Bonchev–Trinajstić information content (AvgIpc) is 3.00. The topological polar surface area (TPSA) is 55.3 Å². The van der Waals surface area contributed by atoms with Crippen LogP contribution in [-0.2, 0) is 6.54 Å². The summed E-state index contributed by atoms with van der Waals surface area (Å²) in [6.07, 6.45) is 2.83. The van der Waals surface area contributed by atoms with Crippen molar-refractivity contribution in [2.45, 2.75) is 19.0 Å². The molecule has 0 saturated carbocycles. The van der Waals surface area contributed by atoms with E-state index in [0.29, 0.717) is 6.04 Å². The highest BCUT2D eigenvalue weighted by Gasteiger charge is 2.20. The van der Waals surface area contributed by atoms with Crippen molar-refractivity contribution in [2.75, 3.05) is 13.1 Å². The standard InChI is InChI=1S/C12H15N3OS.2ClH/c13-9-3-4-15(6-9)7-10-8-16-12(14-10)11-2-1-5-17-11;;/h1-2,5,8-9H,3-4,6-7,13H2;2*1H. The normalized spacial score (nSPS) is 18.9. The van der Waals surface area contributed by atoms with Crippen LogP contribution in [0.5, 0.6) is 0 Å². The molecule has 0 aliphatic carbocycles. The smallest absolute Gasteiger partial charge is 0.236 e. The van der Waals surface area contributed by atoms with E-state index in [1.54, 1.807) is 17.6 Å². The molecule has 7 heteroatoms. The molecule has 1 aliphatic rings. The molecule has 1 aliphatic heterocycles. The third kappa shape index (κ3) is 3.94. The zero-order chi connectivity index (χ0) is 11.7. The molecule has 1 fully saturated rings. The fourth-order valence-electron chi connectivity index (χ4n) is 2.13. The number of halogens is 2. The molecule has 0 aromatic carbocycles. The van der Waals surface area contributed by atoms with E-state index in [9.17, 15) is 0 Å². The van der Waals surface area contributed by atoms with E-state index in [0.717, 1.165) is 42.5 Å². The van der Waals surface area contributed by atoms with Gasteiger partial charge in [0.2, 0.25) is 5.89 Å². The molecule has 2 aromatic heterocycles. The van der Waals surface area contributed by atoms with Crippen LogP contribution in [0.15, 0.2) is 28.2 Å². The van der Waals surface area contributed by atoms with E-state index < -0.39 is 0 Å². The number of nitrogens with zero attached hydrogens (tertiary/aromatic N) is 2. The number of thiophene rings is 1. The highest BCUT2D eigenvalue weighted by Crippen LogP contribution is 2.24. The van der Waals surface area contributed by atoms with Crippen molar-refractivity contribution in [2.24, 2.45) is 5.73 Å². The van der Waals surface area contributed by atoms with Gasteiger partial charge in [0.05, 0.1) is 10.6 Å². The van der Waals surface area contributed by atoms with Gasteiger partial charge in [0.1, 0.15) is 6.26 Å². The average molecular weight is 322 g/mol. The van der Waals surface area contributed by atoms with Gasteiger partial charge < -0.3 is 10.2 Å². The van der Waals surface area contributed by atoms with Crippen molar-refractivity contribution >= 4 is 36.2 Å². The van der Waals surface area contributed by atoms with E-state index in [2.05, 4.69) is 9.88 Å². The van der Waals surface area contributed by atoms with Gasteiger partial charge in [0.25, 0.3) is 0 Å². The van der Waals surface area contributed by atoms with Crippen LogP contribution < -0.4 is 5.73 Å². The summed E-state index contributed by atoms with van der Waals surface area (Å²) in [6, 6.07) is 4.34. The van der Waals surface area contributed by atoms with Gasteiger partial charge in [-0.3, -0.25) is 4.90 Å². The number of rotatable bonds is 3. The van der Waals surface area contributed by atoms with Crippen molar-refractivity contribution in [3.05, 3.63) is 29.5 Å². The van der Waals surface area contributed by atoms with E-state index in [1.807, 2.05) is 17.5 Å². The lowest BCUT2D eigenvalue weighted by atomic mass is 10.3. The first-order valence-electron chi connectivity index (χ1n) is 5.77. The molecule has 4 nitrogen and oxygen atoms in total. The highest BCUT2D eigenvalue weighted by molar-refractivity contribution is 7.13. The maximum atomic E-state index is 5.88. The Balaban J connectivity index is 0.000000902. The Labute approximate surface area is 128 Å². The van der Waals surface area contributed by atoms with Crippen LogP contribution in [0.3, 0.4) is 0 Å². The van der Waals surface area contributed by atoms with E-state index in [4.69, 9.17) is 10.2 Å². The molecule has 0 amide bonds. The van der Waals surface area contributed by atoms with Crippen LogP contribution in [0.4, 0.5) is 0 Å². The van der Waals surface area contributed by atoms with Crippen molar-refractivity contribution < 1.29 is 4.42 Å². The van der Waals surface area contributed by atoms with Crippen molar-refractivity contribution in [3.63, 3.8) is 0 Å². The molecule has 1 atom stereocenters. The van der Waals surface area contributed by atoms with E-state index in [1.165, 1.54) is 0 Å². The molecule has 0 radical (unpaired) electrons. The fourth-order valence-corrected chi connectivity index (χ4v) is 2.78. The number of likely N-dealkylation sites (tertiary alicyclic amines) is 1. The fraction of sp³-hybridized carbons (Fsp3) is 0.417. The molecule has 3 heterocycles. The minimum Gasteiger partial charge on any atom is -0.444 e. The van der Waals surface area contributed by atoms with Crippen LogP contribution in [0.25, 0.3) is 10.8 Å². The molecule has 0 spiro atoms. The maximum absolute atomic E-state index is 5.88. The minimum absolute atomic E-state index is 0. The Kier molecular flexibility index (Phi) is 6.29. The molecule has 1 unspecified atom stereocenters. The molecule has 0 bridgehead atoms. The summed E-state index contributed by atoms with van der Waals surface area (Å²) in [5, 5.41) is 2.03. The largest absolute Gasteiger partial charge is 0.444 e. The quantitative estimate of drug-likeness (QED) is 0.944. The maximum Gasteiger partial charge on any atom is 0.236 e. The molecule has 2 N–H and O–H groups in total. The first-order chi connectivity index (χ1) is 8.31. The number of hydrogen-bond donors (Lipinski definition) is 1. The summed E-state index contributed by atoms with van der Waals surface area (Å²) in [5.74, 6) is 0.721. The zero-order valence-corrected chi connectivity index (χ0v) is 12.8. The lowest BCUT2D eigenvalue weighted by Crippen LogP contribution is -2.26. The van der Waals surface area contributed by atoms with Crippen molar-refractivity contribution in [3.8, 4) is 10.8 Å². The predicted molar refractivity (Wildman–Crippen MR) is 82.2 cm³/mol. The van der Waals surface area contributed by atoms with Gasteiger partial charge in [-0.25, -0.2) is 4.98 Å². The Hall–Kier alpha value is -0.590. The first kappa shape index (κ1) is 16.5. The molecule has 3 rings (SSSR count). The third-order valence-corrected chi connectivity index (χ3v) is 3.84. The van der Waals surface area contributed by atoms with E-state index >= 15 is 0 Å². The van der Waals surface area contributed by atoms with Gasteiger partial charge in [-0.1, -0.05) is 6.07 Å². The zero-order valence-electron chi connectivity index (χ0n) is 10.3.